The number of hydrogen-bond donors (Lipinski definition) is 1. The van der Waals surface area contributed by atoms with Gasteiger partial charge in [0.15, 0.2) is 5.78 Å². The number of Topliss-reactive ketones (excluding diaryl/α,β-unsaturated/α-hetero) is 1. The van der Waals surface area contributed by atoms with Gasteiger partial charge in [0.05, 0.1) is 0 Å². The first kappa shape index (κ1) is 15.6. The van der Waals surface area contributed by atoms with Crippen LogP contribution in [0.1, 0.15) is 36.0 Å². The Balaban J connectivity index is 1.73. The van der Waals surface area contributed by atoms with E-state index in [0.29, 0.717) is 30.9 Å². The monoisotopic (exact) mass is 292 g/mol. The molecule has 0 aliphatic carbocycles. The van der Waals surface area contributed by atoms with Gasteiger partial charge in [0.2, 0.25) is 5.91 Å². The Kier molecular flexibility index (Phi) is 5.44. The van der Waals surface area contributed by atoms with E-state index >= 15 is 0 Å². The van der Waals surface area contributed by atoms with E-state index < -0.39 is 0 Å². The molecule has 1 fully saturated rings. The molecule has 5 heteroatoms. The fourth-order valence-corrected chi connectivity index (χ4v) is 2.74. The lowest BCUT2D eigenvalue weighted by Crippen LogP contribution is -2.36. The third kappa shape index (κ3) is 4.93. The molecule has 0 aromatic heterocycles. The predicted octanol–water partition coefficient (Wildman–Crippen LogP) is 1.99. The Hall–Kier alpha value is -1.75. The van der Waals surface area contributed by atoms with Crippen LogP contribution in [0.3, 0.4) is 0 Å². The zero-order valence-electron chi connectivity index (χ0n) is 12.1. The number of amides is 1. The molecule has 0 saturated carbocycles. The Morgan fingerprint density at radius 2 is 1.81 bits per heavy atom. The number of hydrogen-bond acceptors (Lipinski definition) is 3. The molecule has 1 heterocycles. The first-order chi connectivity index (χ1) is 10.0. The third-order valence-corrected chi connectivity index (χ3v) is 4.02. The molecule has 0 atom stereocenters. The predicted molar refractivity (Wildman–Crippen MR) is 78.3 cm³/mol. The summed E-state index contributed by atoms with van der Waals surface area (Å²) in [4.78, 5) is 25.1. The van der Waals surface area contributed by atoms with Crippen LogP contribution in [0.5, 0.6) is 0 Å². The first-order valence-electron chi connectivity index (χ1n) is 7.34. The molecule has 1 aromatic rings. The Morgan fingerprint density at radius 1 is 1.19 bits per heavy atom. The number of carbonyl (C=O) groups excluding carboxylic acids is 2. The molecule has 0 bridgehead atoms. The standard InChI is InChI=1S/C16H21FN2O2/c17-14-3-1-13(2-4-14)15(20)7-10-19-8-5-12(6-9-19)11-16(18)21/h1-4,12H,5-11H2,(H2,18,21). The van der Waals surface area contributed by atoms with E-state index in [4.69, 9.17) is 5.73 Å². The molecule has 0 spiro atoms. The highest BCUT2D eigenvalue weighted by molar-refractivity contribution is 5.96. The Bertz CT molecular complexity index is 494. The first-order valence-corrected chi connectivity index (χ1v) is 7.34. The van der Waals surface area contributed by atoms with Crippen LogP contribution >= 0.6 is 0 Å². The van der Waals surface area contributed by atoms with Crippen molar-refractivity contribution in [3.8, 4) is 0 Å². The van der Waals surface area contributed by atoms with Gasteiger partial charge in [-0.2, -0.15) is 0 Å². The molecule has 4 nitrogen and oxygen atoms in total. The zero-order valence-corrected chi connectivity index (χ0v) is 12.1. The van der Waals surface area contributed by atoms with E-state index in [1.165, 1.54) is 24.3 Å². The summed E-state index contributed by atoms with van der Waals surface area (Å²) >= 11 is 0. The quantitative estimate of drug-likeness (QED) is 0.816. The zero-order chi connectivity index (χ0) is 15.2. The van der Waals surface area contributed by atoms with Crippen LogP contribution in [0.4, 0.5) is 4.39 Å². The number of benzene rings is 1. The van der Waals surface area contributed by atoms with Crippen molar-refractivity contribution in [2.24, 2.45) is 11.7 Å². The van der Waals surface area contributed by atoms with E-state index in [2.05, 4.69) is 4.90 Å². The van der Waals surface area contributed by atoms with Gasteiger partial charge in [-0.3, -0.25) is 9.59 Å². The average Bonchev–Trinajstić information content (AvgIpc) is 2.46. The minimum atomic E-state index is -0.330. The van der Waals surface area contributed by atoms with Crippen LogP contribution in [0, 0.1) is 11.7 Å². The van der Waals surface area contributed by atoms with Crippen LogP contribution in [0.15, 0.2) is 24.3 Å². The van der Waals surface area contributed by atoms with Gasteiger partial charge >= 0.3 is 0 Å². The number of ketones is 1. The Morgan fingerprint density at radius 3 is 2.38 bits per heavy atom. The maximum atomic E-state index is 12.8. The van der Waals surface area contributed by atoms with Crippen molar-refractivity contribution in [2.75, 3.05) is 19.6 Å². The van der Waals surface area contributed by atoms with Gasteiger partial charge in [0, 0.05) is 24.9 Å². The topological polar surface area (TPSA) is 63.4 Å². The van der Waals surface area contributed by atoms with Crippen molar-refractivity contribution >= 4 is 11.7 Å². The normalized spacial score (nSPS) is 16.8. The summed E-state index contributed by atoms with van der Waals surface area (Å²) in [5.74, 6) is -0.149. The maximum Gasteiger partial charge on any atom is 0.217 e. The summed E-state index contributed by atoms with van der Waals surface area (Å²) in [6.07, 6.45) is 2.80. The Labute approximate surface area is 124 Å². The van der Waals surface area contributed by atoms with Gasteiger partial charge < -0.3 is 10.6 Å². The molecule has 2 rings (SSSR count). The lowest BCUT2D eigenvalue weighted by molar-refractivity contribution is -0.119. The molecule has 2 N–H and O–H groups in total. The highest BCUT2D eigenvalue weighted by Crippen LogP contribution is 2.20. The van der Waals surface area contributed by atoms with Crippen LogP contribution in [-0.2, 0) is 4.79 Å². The van der Waals surface area contributed by atoms with Gasteiger partial charge in [0.1, 0.15) is 5.82 Å². The molecule has 1 saturated heterocycles. The molecular weight excluding hydrogens is 271 g/mol. The molecule has 1 aliphatic rings. The van der Waals surface area contributed by atoms with Crippen molar-refractivity contribution < 1.29 is 14.0 Å². The van der Waals surface area contributed by atoms with Crippen LogP contribution in [0.2, 0.25) is 0 Å². The van der Waals surface area contributed by atoms with Crippen molar-refractivity contribution in [1.29, 1.82) is 0 Å². The third-order valence-electron chi connectivity index (χ3n) is 4.02. The number of carbonyl (C=O) groups is 2. The van der Waals surface area contributed by atoms with Gasteiger partial charge in [-0.25, -0.2) is 4.39 Å². The van der Waals surface area contributed by atoms with Crippen molar-refractivity contribution in [3.05, 3.63) is 35.6 Å². The van der Waals surface area contributed by atoms with E-state index in [1.807, 2.05) is 0 Å². The van der Waals surface area contributed by atoms with Gasteiger partial charge in [-0.15, -0.1) is 0 Å². The summed E-state index contributed by atoms with van der Waals surface area (Å²) in [6.45, 7) is 2.50. The van der Waals surface area contributed by atoms with E-state index in [1.54, 1.807) is 0 Å². The van der Waals surface area contributed by atoms with E-state index in [0.717, 1.165) is 25.9 Å². The number of halogens is 1. The van der Waals surface area contributed by atoms with Crippen molar-refractivity contribution in [2.45, 2.75) is 25.7 Å². The number of likely N-dealkylation sites (tertiary alicyclic amines) is 1. The molecule has 114 valence electrons. The number of nitrogens with two attached hydrogens (primary N) is 1. The highest BCUT2D eigenvalue weighted by atomic mass is 19.1. The minimum Gasteiger partial charge on any atom is -0.370 e. The lowest BCUT2D eigenvalue weighted by atomic mass is 9.93. The summed E-state index contributed by atoms with van der Waals surface area (Å²) in [7, 11) is 0. The van der Waals surface area contributed by atoms with Crippen LogP contribution in [0.25, 0.3) is 0 Å². The molecule has 1 aliphatic heterocycles. The molecule has 21 heavy (non-hydrogen) atoms. The largest absolute Gasteiger partial charge is 0.370 e. The van der Waals surface area contributed by atoms with E-state index in [-0.39, 0.29) is 17.5 Å². The highest BCUT2D eigenvalue weighted by Gasteiger charge is 2.21. The molecule has 1 amide bonds. The SMILES string of the molecule is NC(=O)CC1CCN(CCC(=O)c2ccc(F)cc2)CC1. The second-order valence-electron chi connectivity index (χ2n) is 5.64. The summed E-state index contributed by atoms with van der Waals surface area (Å²) in [5, 5.41) is 0. The number of nitrogens with zero attached hydrogens (tertiary/aromatic N) is 1. The summed E-state index contributed by atoms with van der Waals surface area (Å²) < 4.78 is 12.8. The molecule has 0 unspecified atom stereocenters. The fourth-order valence-electron chi connectivity index (χ4n) is 2.74. The molecule has 0 radical (unpaired) electrons. The van der Waals surface area contributed by atoms with E-state index in [9.17, 15) is 14.0 Å². The summed E-state index contributed by atoms with van der Waals surface area (Å²) in [6, 6.07) is 5.67. The maximum absolute atomic E-state index is 12.8. The number of piperidine rings is 1. The van der Waals surface area contributed by atoms with Crippen molar-refractivity contribution in [3.63, 3.8) is 0 Å². The minimum absolute atomic E-state index is 0.0364. The second-order valence-corrected chi connectivity index (χ2v) is 5.64. The van der Waals surface area contributed by atoms with Crippen molar-refractivity contribution in [1.82, 2.24) is 4.90 Å². The summed E-state index contributed by atoms with van der Waals surface area (Å²) in [5.41, 5.74) is 5.76. The second kappa shape index (κ2) is 7.31. The molecular formula is C16H21FN2O2. The fraction of sp³-hybridized carbons (Fsp3) is 0.500. The lowest BCUT2D eigenvalue weighted by Gasteiger charge is -2.31. The van der Waals surface area contributed by atoms with Crippen LogP contribution in [-0.4, -0.2) is 36.2 Å². The van der Waals surface area contributed by atoms with Gasteiger partial charge in [-0.1, -0.05) is 0 Å². The number of primary amides is 1. The van der Waals surface area contributed by atoms with Crippen LogP contribution < -0.4 is 5.73 Å². The average molecular weight is 292 g/mol. The number of rotatable bonds is 6. The van der Waals surface area contributed by atoms with Gasteiger partial charge in [-0.05, 0) is 56.1 Å². The molecule has 1 aromatic carbocycles. The van der Waals surface area contributed by atoms with Gasteiger partial charge in [0.25, 0.3) is 0 Å². The smallest absolute Gasteiger partial charge is 0.217 e.